The first kappa shape index (κ1) is 15.4. The molecule has 0 aliphatic carbocycles. The number of carbonyl (C=O) groups excluding carboxylic acids is 1. The lowest BCUT2D eigenvalue weighted by Crippen LogP contribution is -2.48. The van der Waals surface area contributed by atoms with Crippen molar-refractivity contribution in [3.8, 4) is 0 Å². The molecular weight excluding hydrogens is 204 g/mol. The second-order valence-corrected chi connectivity index (χ2v) is 4.33. The van der Waals surface area contributed by atoms with Crippen molar-refractivity contribution in [2.75, 3.05) is 13.1 Å². The molecule has 4 nitrogen and oxygen atoms in total. The fourth-order valence-electron chi connectivity index (χ4n) is 1.34. The highest BCUT2D eigenvalue weighted by Gasteiger charge is 2.23. The first-order valence-electron chi connectivity index (χ1n) is 6.22. The third-order valence-corrected chi connectivity index (χ3v) is 3.00. The van der Waals surface area contributed by atoms with E-state index in [0.717, 1.165) is 6.42 Å². The molecule has 0 fully saturated rings. The number of amides is 1. The van der Waals surface area contributed by atoms with E-state index in [-0.39, 0.29) is 11.9 Å². The lowest BCUT2D eigenvalue weighted by Gasteiger charge is -2.27. The molecule has 3 N–H and O–H groups in total. The number of rotatable bonds is 8. The molecule has 96 valence electrons. The van der Waals surface area contributed by atoms with Gasteiger partial charge in [0, 0.05) is 13.1 Å². The SMILES string of the molecule is CCCNC(=O)C(C)NCC(O)(CC)CC. The summed E-state index contributed by atoms with van der Waals surface area (Å²) in [6.45, 7) is 8.90. The third kappa shape index (κ3) is 5.47. The van der Waals surface area contributed by atoms with Crippen LogP contribution in [0.15, 0.2) is 0 Å². The standard InChI is InChI=1S/C12H26N2O2/c1-5-8-13-11(15)10(4)14-9-12(16,6-2)7-3/h10,14,16H,5-9H2,1-4H3,(H,13,15). The Bertz CT molecular complexity index is 203. The predicted molar refractivity (Wildman–Crippen MR) is 66.3 cm³/mol. The van der Waals surface area contributed by atoms with E-state index in [0.29, 0.717) is 25.9 Å². The van der Waals surface area contributed by atoms with E-state index in [4.69, 9.17) is 0 Å². The molecule has 0 bridgehead atoms. The second kappa shape index (κ2) is 7.63. The van der Waals surface area contributed by atoms with Gasteiger partial charge in [0.25, 0.3) is 0 Å². The maximum Gasteiger partial charge on any atom is 0.236 e. The van der Waals surface area contributed by atoms with E-state index in [1.54, 1.807) is 0 Å². The minimum absolute atomic E-state index is 0.00333. The summed E-state index contributed by atoms with van der Waals surface area (Å²) in [6, 6.07) is -0.254. The van der Waals surface area contributed by atoms with Crippen molar-refractivity contribution in [3.63, 3.8) is 0 Å². The Morgan fingerprint density at radius 2 is 1.88 bits per heavy atom. The fourth-order valence-corrected chi connectivity index (χ4v) is 1.34. The Kier molecular flexibility index (Phi) is 7.34. The van der Waals surface area contributed by atoms with Gasteiger partial charge in [-0.1, -0.05) is 20.8 Å². The Morgan fingerprint density at radius 3 is 2.31 bits per heavy atom. The van der Waals surface area contributed by atoms with Crippen molar-refractivity contribution < 1.29 is 9.90 Å². The van der Waals surface area contributed by atoms with Gasteiger partial charge in [0.05, 0.1) is 11.6 Å². The van der Waals surface area contributed by atoms with Crippen LogP contribution in [0.5, 0.6) is 0 Å². The third-order valence-electron chi connectivity index (χ3n) is 3.00. The van der Waals surface area contributed by atoms with Crippen LogP contribution in [0.1, 0.15) is 47.0 Å². The average Bonchev–Trinajstić information content (AvgIpc) is 2.32. The van der Waals surface area contributed by atoms with Crippen molar-refractivity contribution >= 4 is 5.91 Å². The van der Waals surface area contributed by atoms with E-state index in [1.807, 2.05) is 27.7 Å². The van der Waals surface area contributed by atoms with Crippen LogP contribution >= 0.6 is 0 Å². The largest absolute Gasteiger partial charge is 0.389 e. The molecule has 0 rings (SSSR count). The molecule has 0 radical (unpaired) electrons. The van der Waals surface area contributed by atoms with E-state index in [2.05, 4.69) is 10.6 Å². The molecule has 0 aliphatic rings. The Hall–Kier alpha value is -0.610. The maximum atomic E-state index is 11.5. The smallest absolute Gasteiger partial charge is 0.236 e. The molecule has 16 heavy (non-hydrogen) atoms. The molecule has 1 amide bonds. The normalized spacial score (nSPS) is 13.6. The van der Waals surface area contributed by atoms with E-state index < -0.39 is 5.60 Å². The Morgan fingerprint density at radius 1 is 1.31 bits per heavy atom. The highest BCUT2D eigenvalue weighted by molar-refractivity contribution is 5.81. The molecule has 4 heteroatoms. The van der Waals surface area contributed by atoms with Crippen molar-refractivity contribution in [1.82, 2.24) is 10.6 Å². The summed E-state index contributed by atoms with van der Waals surface area (Å²) in [5.74, 6) is -0.00333. The number of hydrogen-bond acceptors (Lipinski definition) is 3. The number of hydrogen-bond donors (Lipinski definition) is 3. The zero-order chi connectivity index (χ0) is 12.6. The molecule has 0 saturated heterocycles. The minimum atomic E-state index is -0.695. The minimum Gasteiger partial charge on any atom is -0.389 e. The lowest BCUT2D eigenvalue weighted by atomic mass is 9.97. The van der Waals surface area contributed by atoms with Crippen LogP contribution in [0.2, 0.25) is 0 Å². The molecule has 0 saturated carbocycles. The lowest BCUT2D eigenvalue weighted by molar-refractivity contribution is -0.123. The maximum absolute atomic E-state index is 11.5. The van der Waals surface area contributed by atoms with E-state index >= 15 is 0 Å². The van der Waals surface area contributed by atoms with Gasteiger partial charge in [0.15, 0.2) is 0 Å². The van der Waals surface area contributed by atoms with Gasteiger partial charge in [-0.2, -0.15) is 0 Å². The van der Waals surface area contributed by atoms with Crippen LogP contribution in [-0.2, 0) is 4.79 Å². The van der Waals surface area contributed by atoms with Crippen LogP contribution in [0, 0.1) is 0 Å². The highest BCUT2D eigenvalue weighted by atomic mass is 16.3. The molecular formula is C12H26N2O2. The van der Waals surface area contributed by atoms with Crippen molar-refractivity contribution in [3.05, 3.63) is 0 Å². The molecule has 0 aliphatic heterocycles. The molecule has 0 spiro atoms. The van der Waals surface area contributed by atoms with E-state index in [1.165, 1.54) is 0 Å². The molecule has 0 heterocycles. The summed E-state index contributed by atoms with van der Waals surface area (Å²) < 4.78 is 0. The predicted octanol–water partition coefficient (Wildman–Crippen LogP) is 1.04. The number of nitrogens with one attached hydrogen (secondary N) is 2. The summed E-state index contributed by atoms with van der Waals surface area (Å²) in [7, 11) is 0. The molecule has 1 unspecified atom stereocenters. The van der Waals surface area contributed by atoms with Crippen LogP contribution in [0.25, 0.3) is 0 Å². The molecule has 1 atom stereocenters. The van der Waals surface area contributed by atoms with E-state index in [9.17, 15) is 9.90 Å². The summed E-state index contributed by atoms with van der Waals surface area (Å²) in [5.41, 5.74) is -0.695. The van der Waals surface area contributed by atoms with Crippen molar-refractivity contribution in [1.29, 1.82) is 0 Å². The van der Waals surface area contributed by atoms with Gasteiger partial charge in [0.1, 0.15) is 0 Å². The quantitative estimate of drug-likeness (QED) is 0.584. The van der Waals surface area contributed by atoms with Gasteiger partial charge in [-0.15, -0.1) is 0 Å². The average molecular weight is 230 g/mol. The fraction of sp³-hybridized carbons (Fsp3) is 0.917. The van der Waals surface area contributed by atoms with Gasteiger partial charge in [-0.3, -0.25) is 4.79 Å². The highest BCUT2D eigenvalue weighted by Crippen LogP contribution is 2.12. The molecule has 0 aromatic rings. The Balaban J connectivity index is 3.95. The monoisotopic (exact) mass is 230 g/mol. The van der Waals surface area contributed by atoms with Gasteiger partial charge >= 0.3 is 0 Å². The first-order chi connectivity index (χ1) is 7.49. The van der Waals surface area contributed by atoms with Gasteiger partial charge in [0.2, 0.25) is 5.91 Å². The van der Waals surface area contributed by atoms with Crippen molar-refractivity contribution in [2.24, 2.45) is 0 Å². The number of aliphatic hydroxyl groups is 1. The van der Waals surface area contributed by atoms with Crippen LogP contribution < -0.4 is 10.6 Å². The zero-order valence-electron chi connectivity index (χ0n) is 11.0. The summed E-state index contributed by atoms with van der Waals surface area (Å²) in [6.07, 6.45) is 2.33. The molecule has 0 aromatic carbocycles. The van der Waals surface area contributed by atoms with Crippen LogP contribution in [0.4, 0.5) is 0 Å². The summed E-state index contributed by atoms with van der Waals surface area (Å²) in [4.78, 5) is 11.5. The molecule has 0 aromatic heterocycles. The van der Waals surface area contributed by atoms with Crippen LogP contribution in [0.3, 0.4) is 0 Å². The number of carbonyl (C=O) groups is 1. The van der Waals surface area contributed by atoms with Crippen LogP contribution in [-0.4, -0.2) is 35.7 Å². The summed E-state index contributed by atoms with van der Waals surface area (Å²) in [5, 5.41) is 15.9. The first-order valence-corrected chi connectivity index (χ1v) is 6.22. The summed E-state index contributed by atoms with van der Waals surface area (Å²) >= 11 is 0. The van der Waals surface area contributed by atoms with Crippen molar-refractivity contribution in [2.45, 2.75) is 58.6 Å². The zero-order valence-corrected chi connectivity index (χ0v) is 11.0. The second-order valence-electron chi connectivity index (χ2n) is 4.33. The topological polar surface area (TPSA) is 61.4 Å². The van der Waals surface area contributed by atoms with Gasteiger partial charge in [-0.25, -0.2) is 0 Å². The van der Waals surface area contributed by atoms with Gasteiger partial charge < -0.3 is 15.7 Å². The van der Waals surface area contributed by atoms with Gasteiger partial charge in [-0.05, 0) is 26.2 Å². The Labute approximate surface area is 98.8 Å².